The quantitative estimate of drug-likeness (QED) is 0.723. The van der Waals surface area contributed by atoms with Crippen molar-refractivity contribution in [3.8, 4) is 0 Å². The van der Waals surface area contributed by atoms with Crippen LogP contribution in [-0.4, -0.2) is 60.4 Å². The molecule has 1 amide bonds. The van der Waals surface area contributed by atoms with Crippen molar-refractivity contribution in [1.29, 1.82) is 0 Å². The van der Waals surface area contributed by atoms with Crippen LogP contribution in [0.3, 0.4) is 0 Å². The average Bonchev–Trinajstić information content (AvgIpc) is 2.67. The number of rotatable bonds is 5. The molecule has 0 N–H and O–H groups in total. The van der Waals surface area contributed by atoms with E-state index in [-0.39, 0.29) is 29.6 Å². The van der Waals surface area contributed by atoms with Crippen molar-refractivity contribution in [1.82, 2.24) is 14.2 Å². The highest BCUT2D eigenvalue weighted by atomic mass is 32.2. The number of nitrogens with zero attached hydrogens (tertiary/aromatic N) is 3. The molecule has 0 unspecified atom stereocenters. The minimum absolute atomic E-state index is 0.0421. The van der Waals surface area contributed by atoms with E-state index in [1.807, 2.05) is 18.2 Å². The van der Waals surface area contributed by atoms with E-state index in [9.17, 15) is 17.6 Å². The molecule has 26 heavy (non-hydrogen) atoms. The number of thioether (sulfide) groups is 1. The van der Waals surface area contributed by atoms with E-state index in [0.29, 0.717) is 13.1 Å². The lowest BCUT2D eigenvalue weighted by Crippen LogP contribution is -2.50. The van der Waals surface area contributed by atoms with Gasteiger partial charge in [0.2, 0.25) is 15.9 Å². The first kappa shape index (κ1) is 18.8. The molecule has 2 aromatic rings. The number of aromatic nitrogens is 1. The van der Waals surface area contributed by atoms with Crippen LogP contribution in [0.15, 0.2) is 58.6 Å². The van der Waals surface area contributed by atoms with E-state index < -0.39 is 15.8 Å². The number of hydrogen-bond donors (Lipinski definition) is 0. The molecule has 1 aromatic carbocycles. The molecule has 0 saturated carbocycles. The van der Waals surface area contributed by atoms with Gasteiger partial charge in [-0.3, -0.25) is 4.79 Å². The summed E-state index contributed by atoms with van der Waals surface area (Å²) in [6, 6.07) is 10.3. The van der Waals surface area contributed by atoms with Crippen molar-refractivity contribution in [2.24, 2.45) is 0 Å². The van der Waals surface area contributed by atoms with Gasteiger partial charge in [0.1, 0.15) is 5.82 Å². The minimum atomic E-state index is -3.67. The zero-order valence-electron chi connectivity index (χ0n) is 13.9. The molecule has 9 heteroatoms. The Kier molecular flexibility index (Phi) is 5.90. The van der Waals surface area contributed by atoms with E-state index in [4.69, 9.17) is 0 Å². The lowest BCUT2D eigenvalue weighted by atomic mass is 10.3. The first-order chi connectivity index (χ1) is 12.5. The van der Waals surface area contributed by atoms with Gasteiger partial charge in [-0.25, -0.2) is 17.8 Å². The lowest BCUT2D eigenvalue weighted by Gasteiger charge is -2.34. The zero-order chi connectivity index (χ0) is 18.6. The Hall–Kier alpha value is -1.97. The number of carbonyl (C=O) groups excluding carboxylic acids is 1. The maximum absolute atomic E-state index is 13.0. The molecule has 1 fully saturated rings. The Morgan fingerprint density at radius 2 is 1.77 bits per heavy atom. The summed E-state index contributed by atoms with van der Waals surface area (Å²) in [6.07, 6.45) is 1.67. The summed E-state index contributed by atoms with van der Waals surface area (Å²) < 4.78 is 39.5. The van der Waals surface area contributed by atoms with E-state index in [2.05, 4.69) is 4.98 Å². The lowest BCUT2D eigenvalue weighted by molar-refractivity contribution is -0.129. The maximum atomic E-state index is 13.0. The van der Waals surface area contributed by atoms with Crippen LogP contribution < -0.4 is 0 Å². The van der Waals surface area contributed by atoms with Crippen LogP contribution in [0, 0.1) is 5.82 Å². The summed E-state index contributed by atoms with van der Waals surface area (Å²) in [5.74, 6) is -0.258. The van der Waals surface area contributed by atoms with Crippen molar-refractivity contribution < 1.29 is 17.6 Å². The molecule has 0 radical (unpaired) electrons. The molecule has 3 rings (SSSR count). The van der Waals surface area contributed by atoms with E-state index in [1.54, 1.807) is 11.1 Å². The third-order valence-corrected chi connectivity index (χ3v) is 6.87. The Bertz CT molecular complexity index is 853. The van der Waals surface area contributed by atoms with Gasteiger partial charge in [0.25, 0.3) is 0 Å². The molecule has 0 atom stereocenters. The molecular formula is C17H18FN3O3S2. The van der Waals surface area contributed by atoms with Crippen LogP contribution in [-0.2, 0) is 14.8 Å². The topological polar surface area (TPSA) is 70.6 Å². The van der Waals surface area contributed by atoms with Gasteiger partial charge in [-0.15, -0.1) is 0 Å². The molecular weight excluding hydrogens is 377 g/mol. The van der Waals surface area contributed by atoms with Gasteiger partial charge in [-0.05, 0) is 36.4 Å². The van der Waals surface area contributed by atoms with Gasteiger partial charge in [-0.2, -0.15) is 4.31 Å². The summed E-state index contributed by atoms with van der Waals surface area (Å²) in [7, 11) is -3.67. The van der Waals surface area contributed by atoms with Crippen molar-refractivity contribution in [2.45, 2.75) is 9.92 Å². The van der Waals surface area contributed by atoms with Crippen molar-refractivity contribution >= 4 is 27.7 Å². The normalized spacial score (nSPS) is 15.8. The van der Waals surface area contributed by atoms with Crippen LogP contribution in [0.25, 0.3) is 0 Å². The van der Waals surface area contributed by atoms with Crippen LogP contribution >= 0.6 is 11.8 Å². The number of hydrogen-bond acceptors (Lipinski definition) is 5. The highest BCUT2D eigenvalue weighted by molar-refractivity contribution is 7.99. The monoisotopic (exact) mass is 395 g/mol. The Morgan fingerprint density at radius 1 is 1.08 bits per heavy atom. The van der Waals surface area contributed by atoms with Gasteiger partial charge in [0.15, 0.2) is 0 Å². The fourth-order valence-corrected chi connectivity index (χ4v) is 4.78. The molecule has 1 aliphatic rings. The van der Waals surface area contributed by atoms with Crippen LogP contribution in [0.4, 0.5) is 4.39 Å². The van der Waals surface area contributed by atoms with Gasteiger partial charge in [0.05, 0.1) is 15.7 Å². The highest BCUT2D eigenvalue weighted by Gasteiger charge is 2.30. The predicted molar refractivity (Wildman–Crippen MR) is 96.7 cm³/mol. The minimum Gasteiger partial charge on any atom is -0.339 e. The second-order valence-electron chi connectivity index (χ2n) is 5.70. The fraction of sp³-hybridized carbons (Fsp3) is 0.294. The Labute approximate surface area is 156 Å². The number of sulfonamides is 1. The van der Waals surface area contributed by atoms with Crippen molar-refractivity contribution in [2.75, 3.05) is 31.9 Å². The largest absolute Gasteiger partial charge is 0.339 e. The molecule has 0 bridgehead atoms. The van der Waals surface area contributed by atoms with Gasteiger partial charge in [0, 0.05) is 32.4 Å². The van der Waals surface area contributed by atoms with E-state index in [1.165, 1.54) is 28.2 Å². The van der Waals surface area contributed by atoms with Crippen LogP contribution in [0.2, 0.25) is 0 Å². The Morgan fingerprint density at radius 3 is 2.38 bits per heavy atom. The molecule has 2 heterocycles. The first-order valence-corrected chi connectivity index (χ1v) is 10.5. The summed E-state index contributed by atoms with van der Waals surface area (Å²) in [5.41, 5.74) is 0. The smallest absolute Gasteiger partial charge is 0.243 e. The van der Waals surface area contributed by atoms with Crippen LogP contribution in [0.5, 0.6) is 0 Å². The molecule has 1 aliphatic heterocycles. The van der Waals surface area contributed by atoms with Crippen molar-refractivity contribution in [3.05, 3.63) is 54.5 Å². The first-order valence-electron chi connectivity index (χ1n) is 8.04. The maximum Gasteiger partial charge on any atom is 0.243 e. The predicted octanol–water partition coefficient (Wildman–Crippen LogP) is 1.85. The third-order valence-electron chi connectivity index (χ3n) is 4.02. The third kappa shape index (κ3) is 4.40. The number of benzene rings is 1. The molecule has 0 spiro atoms. The zero-order valence-corrected chi connectivity index (χ0v) is 15.5. The summed E-state index contributed by atoms with van der Waals surface area (Å²) in [6.45, 7) is 1.11. The van der Waals surface area contributed by atoms with Gasteiger partial charge >= 0.3 is 0 Å². The fourth-order valence-electron chi connectivity index (χ4n) is 2.59. The number of piperazine rings is 1. The van der Waals surface area contributed by atoms with Gasteiger partial charge in [-0.1, -0.05) is 17.8 Å². The van der Waals surface area contributed by atoms with Gasteiger partial charge < -0.3 is 4.90 Å². The molecule has 6 nitrogen and oxygen atoms in total. The second kappa shape index (κ2) is 8.15. The molecule has 1 saturated heterocycles. The number of amides is 1. The second-order valence-corrected chi connectivity index (χ2v) is 8.63. The molecule has 138 valence electrons. The van der Waals surface area contributed by atoms with Crippen LogP contribution in [0.1, 0.15) is 0 Å². The molecule has 0 aliphatic carbocycles. The molecule has 1 aromatic heterocycles. The number of pyridine rings is 1. The summed E-state index contributed by atoms with van der Waals surface area (Å²) >= 11 is 1.36. The standard InChI is InChI=1S/C17H18FN3O3S2/c18-14-4-6-15(7-5-14)26(23,24)21-11-9-20(10-12-21)17(22)13-25-16-3-1-2-8-19-16/h1-8H,9-13H2. The SMILES string of the molecule is O=C(CSc1ccccn1)N1CCN(S(=O)(=O)c2ccc(F)cc2)CC1. The highest BCUT2D eigenvalue weighted by Crippen LogP contribution is 2.19. The van der Waals surface area contributed by atoms with E-state index in [0.717, 1.165) is 17.2 Å². The number of halogens is 1. The van der Waals surface area contributed by atoms with Crippen molar-refractivity contribution in [3.63, 3.8) is 0 Å². The van der Waals surface area contributed by atoms with E-state index >= 15 is 0 Å². The number of carbonyl (C=O) groups is 1. The summed E-state index contributed by atoms with van der Waals surface area (Å²) in [5, 5.41) is 0.776. The Balaban J connectivity index is 1.55. The average molecular weight is 395 g/mol. The summed E-state index contributed by atoms with van der Waals surface area (Å²) in [4.78, 5) is 18.2.